The van der Waals surface area contributed by atoms with Crippen molar-refractivity contribution in [1.82, 2.24) is 25.0 Å². The summed E-state index contributed by atoms with van der Waals surface area (Å²) in [4.78, 5) is 17.0. The number of aromatic nitrogens is 3. The van der Waals surface area contributed by atoms with Crippen LogP contribution in [0.5, 0.6) is 5.75 Å². The van der Waals surface area contributed by atoms with E-state index < -0.39 is 0 Å². The van der Waals surface area contributed by atoms with Crippen molar-refractivity contribution in [3.05, 3.63) is 54.4 Å². The van der Waals surface area contributed by atoms with Crippen molar-refractivity contribution >= 4 is 6.41 Å². The van der Waals surface area contributed by atoms with Crippen LogP contribution in [-0.4, -0.2) is 59.9 Å². The summed E-state index contributed by atoms with van der Waals surface area (Å²) in [6.45, 7) is 4.73. The zero-order valence-electron chi connectivity index (χ0n) is 17.1. The van der Waals surface area contributed by atoms with Gasteiger partial charge in [0.25, 0.3) is 0 Å². The van der Waals surface area contributed by atoms with Gasteiger partial charge >= 0.3 is 0 Å². The second kappa shape index (κ2) is 9.84. The van der Waals surface area contributed by atoms with Gasteiger partial charge in [-0.05, 0) is 63.5 Å². The van der Waals surface area contributed by atoms with Crippen molar-refractivity contribution in [2.45, 2.75) is 13.5 Å². The monoisotopic (exact) mass is 393 g/mol. The lowest BCUT2D eigenvalue weighted by molar-refractivity contribution is -0.109. The van der Waals surface area contributed by atoms with Crippen LogP contribution in [0.2, 0.25) is 0 Å². The molecule has 152 valence electrons. The first-order chi connectivity index (χ1) is 14.1. The highest BCUT2D eigenvalue weighted by Gasteiger charge is 2.09. The van der Waals surface area contributed by atoms with Crippen LogP contribution in [0.1, 0.15) is 5.69 Å². The first kappa shape index (κ1) is 20.5. The summed E-state index contributed by atoms with van der Waals surface area (Å²) >= 11 is 0. The molecule has 0 saturated carbocycles. The summed E-state index contributed by atoms with van der Waals surface area (Å²) in [5, 5.41) is 7.32. The zero-order chi connectivity index (χ0) is 20.6. The van der Waals surface area contributed by atoms with Crippen molar-refractivity contribution in [1.29, 1.82) is 0 Å². The third kappa shape index (κ3) is 5.65. The van der Waals surface area contributed by atoms with Gasteiger partial charge in [0, 0.05) is 36.1 Å². The van der Waals surface area contributed by atoms with Crippen LogP contribution < -0.4 is 10.1 Å². The third-order valence-corrected chi connectivity index (χ3v) is 4.55. The first-order valence-electron chi connectivity index (χ1n) is 9.62. The number of benzene rings is 1. The number of amides is 1. The number of likely N-dealkylation sites (N-methyl/N-ethyl adjacent to an activating group) is 1. The fourth-order valence-electron chi connectivity index (χ4n) is 2.92. The molecular formula is C22H27N5O2. The van der Waals surface area contributed by atoms with E-state index in [2.05, 4.69) is 20.3 Å². The molecule has 2 aromatic heterocycles. The molecule has 0 aliphatic carbocycles. The van der Waals surface area contributed by atoms with E-state index in [9.17, 15) is 4.79 Å². The van der Waals surface area contributed by atoms with Crippen LogP contribution in [-0.2, 0) is 11.3 Å². The number of carbonyl (C=O) groups excluding carboxylic acids is 1. The number of hydrogen-bond acceptors (Lipinski definition) is 5. The van der Waals surface area contributed by atoms with Crippen LogP contribution in [0.25, 0.3) is 22.5 Å². The van der Waals surface area contributed by atoms with Gasteiger partial charge in [-0.2, -0.15) is 5.10 Å². The van der Waals surface area contributed by atoms with E-state index in [0.717, 1.165) is 40.5 Å². The number of nitrogens with zero attached hydrogens (tertiary/aromatic N) is 4. The fraction of sp³-hybridized carbons (Fsp3) is 0.318. The largest absolute Gasteiger partial charge is 0.492 e. The van der Waals surface area contributed by atoms with Gasteiger partial charge in [-0.1, -0.05) is 0 Å². The van der Waals surface area contributed by atoms with Gasteiger partial charge in [-0.25, -0.2) is 0 Å². The Balaban J connectivity index is 1.72. The average molecular weight is 393 g/mol. The van der Waals surface area contributed by atoms with E-state index >= 15 is 0 Å². The van der Waals surface area contributed by atoms with Crippen molar-refractivity contribution in [3.63, 3.8) is 0 Å². The molecule has 0 atom stereocenters. The lowest BCUT2D eigenvalue weighted by atomic mass is 10.1. The highest BCUT2D eigenvalue weighted by molar-refractivity contribution is 5.68. The molecule has 7 heteroatoms. The Bertz CT molecular complexity index is 935. The summed E-state index contributed by atoms with van der Waals surface area (Å²) in [7, 11) is 4.05. The minimum absolute atomic E-state index is 0.552. The average Bonchev–Trinajstić information content (AvgIpc) is 3.09. The van der Waals surface area contributed by atoms with E-state index in [4.69, 9.17) is 4.74 Å². The molecule has 0 saturated heterocycles. The quantitative estimate of drug-likeness (QED) is 0.423. The molecule has 7 nitrogen and oxygen atoms in total. The van der Waals surface area contributed by atoms with Gasteiger partial charge in [0.2, 0.25) is 6.41 Å². The maximum atomic E-state index is 10.4. The zero-order valence-corrected chi connectivity index (χ0v) is 17.1. The second-order valence-corrected chi connectivity index (χ2v) is 7.07. The molecule has 0 unspecified atom stereocenters. The molecular weight excluding hydrogens is 366 g/mol. The van der Waals surface area contributed by atoms with Gasteiger partial charge in [-0.3, -0.25) is 14.5 Å². The van der Waals surface area contributed by atoms with Crippen molar-refractivity contribution in [2.24, 2.45) is 0 Å². The van der Waals surface area contributed by atoms with Gasteiger partial charge in [-0.15, -0.1) is 0 Å². The Morgan fingerprint density at radius 3 is 2.62 bits per heavy atom. The SMILES string of the molecule is Cc1cc(-c2ccnc(-c3ccc(OCCN(C)C)cc3)c2)nn1CCNC=O. The highest BCUT2D eigenvalue weighted by Crippen LogP contribution is 2.25. The van der Waals surface area contributed by atoms with Crippen LogP contribution in [0, 0.1) is 6.92 Å². The maximum Gasteiger partial charge on any atom is 0.207 e. The van der Waals surface area contributed by atoms with E-state index in [-0.39, 0.29) is 0 Å². The second-order valence-electron chi connectivity index (χ2n) is 7.07. The van der Waals surface area contributed by atoms with Crippen LogP contribution in [0.3, 0.4) is 0 Å². The Hall–Kier alpha value is -3.19. The van der Waals surface area contributed by atoms with E-state index in [1.54, 1.807) is 6.20 Å². The molecule has 3 aromatic rings. The van der Waals surface area contributed by atoms with Crippen molar-refractivity contribution in [2.75, 3.05) is 33.8 Å². The summed E-state index contributed by atoms with van der Waals surface area (Å²) in [5.41, 5.74) is 4.85. The normalized spacial score (nSPS) is 10.9. The lowest BCUT2D eigenvalue weighted by Crippen LogP contribution is -2.19. The van der Waals surface area contributed by atoms with Gasteiger partial charge in [0.15, 0.2) is 0 Å². The molecule has 0 fully saturated rings. The Labute approximate surface area is 171 Å². The fourth-order valence-corrected chi connectivity index (χ4v) is 2.92. The summed E-state index contributed by atoms with van der Waals surface area (Å²) < 4.78 is 7.65. The molecule has 1 aromatic carbocycles. The molecule has 0 radical (unpaired) electrons. The van der Waals surface area contributed by atoms with Gasteiger partial charge in [0.05, 0.1) is 17.9 Å². The van der Waals surface area contributed by atoms with Gasteiger partial charge < -0.3 is 15.0 Å². The Morgan fingerprint density at radius 1 is 1.10 bits per heavy atom. The minimum Gasteiger partial charge on any atom is -0.492 e. The number of ether oxygens (including phenoxy) is 1. The van der Waals surface area contributed by atoms with Crippen LogP contribution >= 0.6 is 0 Å². The number of hydrogen-bond donors (Lipinski definition) is 1. The summed E-state index contributed by atoms with van der Waals surface area (Å²) in [6.07, 6.45) is 2.50. The molecule has 3 rings (SSSR count). The van der Waals surface area contributed by atoms with Crippen molar-refractivity contribution in [3.8, 4) is 28.3 Å². The molecule has 0 spiro atoms. The third-order valence-electron chi connectivity index (χ3n) is 4.55. The van der Waals surface area contributed by atoms with Crippen LogP contribution in [0.4, 0.5) is 0 Å². The molecule has 1 N–H and O–H groups in total. The number of nitrogens with one attached hydrogen (secondary N) is 1. The maximum absolute atomic E-state index is 10.4. The van der Waals surface area contributed by atoms with E-state index in [1.807, 2.05) is 68.2 Å². The molecule has 0 aliphatic heterocycles. The smallest absolute Gasteiger partial charge is 0.207 e. The molecule has 29 heavy (non-hydrogen) atoms. The standard InChI is InChI=1S/C22H27N5O2/c1-17-14-22(25-27(17)11-10-23-16-28)19-8-9-24-21(15-19)18-4-6-20(7-5-18)29-13-12-26(2)3/h4-9,14-16H,10-13H2,1-3H3,(H,23,28). The van der Waals surface area contributed by atoms with E-state index in [0.29, 0.717) is 26.1 Å². The highest BCUT2D eigenvalue weighted by atomic mass is 16.5. The molecule has 2 heterocycles. The lowest BCUT2D eigenvalue weighted by Gasteiger charge is -2.11. The first-order valence-corrected chi connectivity index (χ1v) is 9.62. The predicted octanol–water partition coefficient (Wildman–Crippen LogP) is 2.61. The summed E-state index contributed by atoms with van der Waals surface area (Å²) in [5.74, 6) is 0.852. The number of pyridine rings is 1. The number of rotatable bonds is 10. The Morgan fingerprint density at radius 2 is 1.90 bits per heavy atom. The minimum atomic E-state index is 0.552. The van der Waals surface area contributed by atoms with Crippen molar-refractivity contribution < 1.29 is 9.53 Å². The topological polar surface area (TPSA) is 72.3 Å². The molecule has 0 bridgehead atoms. The number of carbonyl (C=O) groups is 1. The summed E-state index contributed by atoms with van der Waals surface area (Å²) in [6, 6.07) is 14.0. The van der Waals surface area contributed by atoms with Crippen LogP contribution in [0.15, 0.2) is 48.7 Å². The Kier molecular flexibility index (Phi) is 6.97. The van der Waals surface area contributed by atoms with E-state index in [1.165, 1.54) is 0 Å². The number of aryl methyl sites for hydroxylation is 1. The molecule has 0 aliphatic rings. The van der Waals surface area contributed by atoms with Gasteiger partial charge in [0.1, 0.15) is 12.4 Å². The molecule has 1 amide bonds. The predicted molar refractivity (Wildman–Crippen MR) is 114 cm³/mol.